The van der Waals surface area contributed by atoms with Crippen molar-refractivity contribution in [1.29, 1.82) is 0 Å². The summed E-state index contributed by atoms with van der Waals surface area (Å²) in [7, 11) is 0. The second-order valence-electron chi connectivity index (χ2n) is 3.94. The SMILES string of the molecule is Cc1cc(Br)cc(NC(=O)c2ccc(Cl)nc2Cl)c1. The van der Waals surface area contributed by atoms with E-state index < -0.39 is 0 Å². The van der Waals surface area contributed by atoms with Crippen LogP contribution in [0, 0.1) is 6.92 Å². The molecule has 0 unspecified atom stereocenters. The first-order valence-electron chi connectivity index (χ1n) is 5.36. The fourth-order valence-electron chi connectivity index (χ4n) is 1.59. The predicted molar refractivity (Wildman–Crippen MR) is 81.1 cm³/mol. The van der Waals surface area contributed by atoms with Crippen LogP contribution in [0.15, 0.2) is 34.8 Å². The van der Waals surface area contributed by atoms with Crippen LogP contribution < -0.4 is 5.32 Å². The van der Waals surface area contributed by atoms with Crippen LogP contribution in [0.1, 0.15) is 15.9 Å². The number of carbonyl (C=O) groups excluding carboxylic acids is 1. The highest BCUT2D eigenvalue weighted by molar-refractivity contribution is 9.10. The Morgan fingerprint density at radius 1 is 1.26 bits per heavy atom. The van der Waals surface area contributed by atoms with E-state index >= 15 is 0 Å². The first-order chi connectivity index (χ1) is 8.95. The Labute approximate surface area is 129 Å². The van der Waals surface area contributed by atoms with Gasteiger partial charge < -0.3 is 5.32 Å². The van der Waals surface area contributed by atoms with E-state index in [0.29, 0.717) is 5.69 Å². The van der Waals surface area contributed by atoms with Crippen LogP contribution in [0.5, 0.6) is 0 Å². The number of halogens is 3. The lowest BCUT2D eigenvalue weighted by Crippen LogP contribution is -2.13. The summed E-state index contributed by atoms with van der Waals surface area (Å²) in [6, 6.07) is 8.68. The smallest absolute Gasteiger partial charge is 0.258 e. The molecule has 2 aromatic rings. The number of aromatic nitrogens is 1. The number of amides is 1. The summed E-state index contributed by atoms with van der Waals surface area (Å²) < 4.78 is 0.892. The number of nitrogens with one attached hydrogen (secondary N) is 1. The van der Waals surface area contributed by atoms with Crippen LogP contribution in [0.25, 0.3) is 0 Å². The van der Waals surface area contributed by atoms with Gasteiger partial charge in [0.2, 0.25) is 0 Å². The van der Waals surface area contributed by atoms with Crippen LogP contribution >= 0.6 is 39.1 Å². The summed E-state index contributed by atoms with van der Waals surface area (Å²) >= 11 is 15.0. The van der Waals surface area contributed by atoms with Gasteiger partial charge in [-0.1, -0.05) is 39.1 Å². The average Bonchev–Trinajstić information content (AvgIpc) is 2.26. The van der Waals surface area contributed by atoms with Gasteiger partial charge in [-0.3, -0.25) is 4.79 Å². The van der Waals surface area contributed by atoms with Gasteiger partial charge in [-0.2, -0.15) is 0 Å². The van der Waals surface area contributed by atoms with Crippen molar-refractivity contribution in [2.75, 3.05) is 5.32 Å². The highest BCUT2D eigenvalue weighted by Crippen LogP contribution is 2.21. The van der Waals surface area contributed by atoms with Crippen LogP contribution in [0.3, 0.4) is 0 Å². The molecule has 2 rings (SSSR count). The number of rotatable bonds is 2. The fraction of sp³-hybridized carbons (Fsp3) is 0.0769. The molecule has 0 aliphatic rings. The van der Waals surface area contributed by atoms with Crippen molar-refractivity contribution < 1.29 is 4.79 Å². The molecule has 19 heavy (non-hydrogen) atoms. The Morgan fingerprint density at radius 3 is 2.63 bits per heavy atom. The van der Waals surface area contributed by atoms with Crippen molar-refractivity contribution in [3.63, 3.8) is 0 Å². The summed E-state index contributed by atoms with van der Waals surface area (Å²) in [6.07, 6.45) is 0. The van der Waals surface area contributed by atoms with Crippen molar-refractivity contribution in [2.24, 2.45) is 0 Å². The normalized spacial score (nSPS) is 10.3. The first kappa shape index (κ1) is 14.3. The van der Waals surface area contributed by atoms with E-state index in [1.807, 2.05) is 25.1 Å². The predicted octanol–water partition coefficient (Wildman–Crippen LogP) is 4.71. The third-order valence-electron chi connectivity index (χ3n) is 2.36. The molecule has 1 heterocycles. The topological polar surface area (TPSA) is 42.0 Å². The van der Waals surface area contributed by atoms with Gasteiger partial charge in [-0.05, 0) is 42.8 Å². The third kappa shape index (κ3) is 3.69. The summed E-state index contributed by atoms with van der Waals surface area (Å²) in [6.45, 7) is 1.94. The van der Waals surface area contributed by atoms with E-state index in [1.54, 1.807) is 0 Å². The van der Waals surface area contributed by atoms with Crippen LogP contribution in [-0.2, 0) is 0 Å². The van der Waals surface area contributed by atoms with Crippen molar-refractivity contribution in [2.45, 2.75) is 6.92 Å². The molecule has 98 valence electrons. The maximum Gasteiger partial charge on any atom is 0.258 e. The molecule has 0 fully saturated rings. The van der Waals surface area contributed by atoms with Crippen LogP contribution in [0.2, 0.25) is 10.3 Å². The molecule has 0 radical (unpaired) electrons. The highest BCUT2D eigenvalue weighted by Gasteiger charge is 2.12. The first-order valence-corrected chi connectivity index (χ1v) is 6.91. The number of benzene rings is 1. The molecule has 0 bridgehead atoms. The van der Waals surface area contributed by atoms with Gasteiger partial charge >= 0.3 is 0 Å². The zero-order valence-corrected chi connectivity index (χ0v) is 13.0. The molecule has 0 saturated carbocycles. The van der Waals surface area contributed by atoms with Crippen LogP contribution in [0.4, 0.5) is 5.69 Å². The van der Waals surface area contributed by atoms with E-state index in [0.717, 1.165) is 10.0 Å². The molecule has 0 aliphatic carbocycles. The number of anilines is 1. The van der Waals surface area contributed by atoms with E-state index in [-0.39, 0.29) is 21.8 Å². The highest BCUT2D eigenvalue weighted by atomic mass is 79.9. The summed E-state index contributed by atoms with van der Waals surface area (Å²) in [5.41, 5.74) is 2.00. The van der Waals surface area contributed by atoms with Gasteiger partial charge in [-0.25, -0.2) is 4.98 Å². The summed E-state index contributed by atoms with van der Waals surface area (Å²) in [4.78, 5) is 15.9. The Morgan fingerprint density at radius 2 is 2.00 bits per heavy atom. The zero-order valence-electron chi connectivity index (χ0n) is 9.88. The molecule has 0 spiro atoms. The Hall–Kier alpha value is -1.10. The lowest BCUT2D eigenvalue weighted by molar-refractivity contribution is 0.102. The number of hydrogen-bond acceptors (Lipinski definition) is 2. The molecule has 0 saturated heterocycles. The fourth-order valence-corrected chi connectivity index (χ4v) is 2.63. The molecule has 6 heteroatoms. The number of aryl methyl sites for hydroxylation is 1. The lowest BCUT2D eigenvalue weighted by atomic mass is 10.2. The summed E-state index contributed by atoms with van der Waals surface area (Å²) in [5.74, 6) is -0.327. The number of pyridine rings is 1. The van der Waals surface area contributed by atoms with E-state index in [2.05, 4.69) is 26.2 Å². The molecular formula is C13H9BrCl2N2O. The monoisotopic (exact) mass is 358 g/mol. The van der Waals surface area contributed by atoms with Crippen molar-refractivity contribution >= 4 is 50.7 Å². The minimum atomic E-state index is -0.327. The van der Waals surface area contributed by atoms with Gasteiger partial charge in [0.25, 0.3) is 5.91 Å². The minimum Gasteiger partial charge on any atom is -0.322 e. The molecule has 3 nitrogen and oxygen atoms in total. The van der Waals surface area contributed by atoms with Crippen molar-refractivity contribution in [1.82, 2.24) is 4.98 Å². The second kappa shape index (κ2) is 5.90. The Kier molecular flexibility index (Phi) is 4.45. The quantitative estimate of drug-likeness (QED) is 0.789. The molecule has 1 aromatic heterocycles. The summed E-state index contributed by atoms with van der Waals surface area (Å²) in [5, 5.41) is 3.09. The number of hydrogen-bond donors (Lipinski definition) is 1. The molecule has 1 aromatic carbocycles. The standard InChI is InChI=1S/C13H9BrCl2N2O/c1-7-4-8(14)6-9(5-7)17-13(19)10-2-3-11(15)18-12(10)16/h2-6H,1H3,(H,17,19). The van der Waals surface area contributed by atoms with Gasteiger partial charge in [0.1, 0.15) is 10.3 Å². The Balaban J connectivity index is 2.25. The second-order valence-corrected chi connectivity index (χ2v) is 5.60. The number of nitrogens with zero attached hydrogens (tertiary/aromatic N) is 1. The molecule has 0 atom stereocenters. The van der Waals surface area contributed by atoms with E-state index in [1.165, 1.54) is 12.1 Å². The maximum atomic E-state index is 12.1. The largest absolute Gasteiger partial charge is 0.322 e. The van der Waals surface area contributed by atoms with Gasteiger partial charge in [0, 0.05) is 10.2 Å². The lowest BCUT2D eigenvalue weighted by Gasteiger charge is -2.08. The maximum absolute atomic E-state index is 12.1. The van der Waals surface area contributed by atoms with Gasteiger partial charge in [0.05, 0.1) is 5.56 Å². The minimum absolute atomic E-state index is 0.0803. The molecule has 0 aliphatic heterocycles. The Bertz CT molecular complexity index is 626. The molecule has 1 amide bonds. The van der Waals surface area contributed by atoms with Crippen molar-refractivity contribution in [3.8, 4) is 0 Å². The van der Waals surface area contributed by atoms with Crippen molar-refractivity contribution in [3.05, 3.63) is 56.2 Å². The average molecular weight is 360 g/mol. The van der Waals surface area contributed by atoms with Crippen LogP contribution in [-0.4, -0.2) is 10.9 Å². The van der Waals surface area contributed by atoms with Gasteiger partial charge in [0.15, 0.2) is 0 Å². The van der Waals surface area contributed by atoms with E-state index in [9.17, 15) is 4.79 Å². The zero-order chi connectivity index (χ0) is 14.0. The van der Waals surface area contributed by atoms with E-state index in [4.69, 9.17) is 23.2 Å². The molecular weight excluding hydrogens is 351 g/mol. The van der Waals surface area contributed by atoms with Gasteiger partial charge in [-0.15, -0.1) is 0 Å². The third-order valence-corrected chi connectivity index (χ3v) is 3.32. The number of carbonyl (C=O) groups is 1. The molecule has 1 N–H and O–H groups in total.